The minimum Gasteiger partial charge on any atom is -0.497 e. The average Bonchev–Trinajstić information content (AvgIpc) is 3.31. The van der Waals surface area contributed by atoms with Crippen LogP contribution in [-0.2, 0) is 17.9 Å². The largest absolute Gasteiger partial charge is 0.497 e. The van der Waals surface area contributed by atoms with Crippen LogP contribution in [0.15, 0.2) is 42.6 Å². The van der Waals surface area contributed by atoms with Crippen molar-refractivity contribution in [2.75, 3.05) is 40.0 Å². The lowest BCUT2D eigenvalue weighted by molar-refractivity contribution is -0.130. The molecule has 0 bridgehead atoms. The van der Waals surface area contributed by atoms with Crippen molar-refractivity contribution in [2.24, 2.45) is 0 Å². The zero-order chi connectivity index (χ0) is 26.2. The van der Waals surface area contributed by atoms with Crippen LogP contribution in [0.5, 0.6) is 11.5 Å². The minimum atomic E-state index is -0.528. The predicted molar refractivity (Wildman–Crippen MR) is 136 cm³/mol. The second-order valence-corrected chi connectivity index (χ2v) is 8.90. The molecule has 0 saturated carbocycles. The van der Waals surface area contributed by atoms with Crippen LogP contribution in [0.25, 0.3) is 6.08 Å². The number of ether oxygens (including phenoxy) is 2. The molecule has 11 heteroatoms. The van der Waals surface area contributed by atoms with Crippen molar-refractivity contribution >= 4 is 12.0 Å². The number of tetrazole rings is 1. The third-order valence-corrected chi connectivity index (χ3v) is 6.14. The molecule has 0 unspecified atom stereocenters. The summed E-state index contributed by atoms with van der Waals surface area (Å²) in [4.78, 5) is 23.2. The molecule has 0 aliphatic carbocycles. The number of rotatable bonds is 10. The second-order valence-electron chi connectivity index (χ2n) is 8.90. The molecule has 1 saturated heterocycles. The molecule has 1 aliphatic rings. The van der Waals surface area contributed by atoms with Crippen molar-refractivity contribution in [3.05, 3.63) is 65.2 Å². The Morgan fingerprint density at radius 3 is 2.70 bits per heavy atom. The summed E-state index contributed by atoms with van der Waals surface area (Å²) in [7, 11) is 1.62. The zero-order valence-electron chi connectivity index (χ0n) is 21.4. The normalized spacial score (nSPS) is 16.3. The summed E-state index contributed by atoms with van der Waals surface area (Å²) in [5.41, 5.74) is 2.72. The standard InChI is InChI=1S/C26H32FN7O3/c1-19-16-32(18-23-6-8-25(15-28-23)37-13-10-27)11-12-33(19)26(35)9-5-21-4-7-24(36-3)14-22(21)17-34-30-20(2)29-31-34/h4-9,14-15,19H,10-13,16-18H2,1-3H3/b9-5+/t19-/m1/s1. The Hall–Kier alpha value is -3.86. The Kier molecular flexibility index (Phi) is 8.78. The molecule has 3 aromatic rings. The van der Waals surface area contributed by atoms with E-state index in [0.29, 0.717) is 31.2 Å². The third-order valence-electron chi connectivity index (χ3n) is 6.14. The molecule has 3 heterocycles. The van der Waals surface area contributed by atoms with Crippen molar-refractivity contribution in [2.45, 2.75) is 33.0 Å². The van der Waals surface area contributed by atoms with Crippen LogP contribution in [-0.4, -0.2) is 87.0 Å². The second kappa shape index (κ2) is 12.4. The molecule has 2 aromatic heterocycles. The number of benzene rings is 1. The molecule has 4 rings (SSSR count). The number of hydrogen-bond acceptors (Lipinski definition) is 8. The number of piperazine rings is 1. The molecular weight excluding hydrogens is 477 g/mol. The number of carbonyl (C=O) groups is 1. The maximum absolute atomic E-state index is 13.1. The van der Waals surface area contributed by atoms with Gasteiger partial charge in [0.1, 0.15) is 24.8 Å². The number of aryl methyl sites for hydroxylation is 1. The number of nitrogens with zero attached hydrogens (tertiary/aromatic N) is 7. The first-order chi connectivity index (χ1) is 17.9. The van der Waals surface area contributed by atoms with E-state index in [1.807, 2.05) is 35.2 Å². The van der Waals surface area contributed by atoms with Crippen LogP contribution in [0.4, 0.5) is 4.39 Å². The fourth-order valence-electron chi connectivity index (χ4n) is 4.29. The van der Waals surface area contributed by atoms with Crippen LogP contribution in [0.3, 0.4) is 0 Å². The Balaban J connectivity index is 1.36. The number of halogens is 1. The van der Waals surface area contributed by atoms with E-state index in [-0.39, 0.29) is 18.6 Å². The van der Waals surface area contributed by atoms with E-state index in [0.717, 1.165) is 35.7 Å². The average molecular weight is 510 g/mol. The molecule has 1 atom stereocenters. The summed E-state index contributed by atoms with van der Waals surface area (Å²) < 4.78 is 22.9. The van der Waals surface area contributed by atoms with E-state index < -0.39 is 6.67 Å². The van der Waals surface area contributed by atoms with Gasteiger partial charge in [-0.25, -0.2) is 4.39 Å². The third kappa shape index (κ3) is 7.10. The summed E-state index contributed by atoms with van der Waals surface area (Å²) in [5.74, 6) is 1.84. The number of amides is 1. The van der Waals surface area contributed by atoms with Gasteiger partial charge in [-0.05, 0) is 60.5 Å². The van der Waals surface area contributed by atoms with Gasteiger partial charge in [0, 0.05) is 38.3 Å². The van der Waals surface area contributed by atoms with Gasteiger partial charge in [-0.1, -0.05) is 6.07 Å². The van der Waals surface area contributed by atoms with Crippen LogP contribution >= 0.6 is 0 Å². The number of aromatic nitrogens is 5. The number of alkyl halides is 1. The highest BCUT2D eigenvalue weighted by Crippen LogP contribution is 2.21. The molecule has 1 fully saturated rings. The maximum Gasteiger partial charge on any atom is 0.246 e. The highest BCUT2D eigenvalue weighted by atomic mass is 19.1. The van der Waals surface area contributed by atoms with Crippen LogP contribution in [0.1, 0.15) is 29.6 Å². The van der Waals surface area contributed by atoms with Crippen LogP contribution in [0, 0.1) is 6.92 Å². The van der Waals surface area contributed by atoms with Gasteiger partial charge < -0.3 is 14.4 Å². The van der Waals surface area contributed by atoms with E-state index >= 15 is 0 Å². The highest BCUT2D eigenvalue weighted by molar-refractivity contribution is 5.92. The summed E-state index contributed by atoms with van der Waals surface area (Å²) >= 11 is 0. The van der Waals surface area contributed by atoms with Gasteiger partial charge in [0.15, 0.2) is 5.82 Å². The van der Waals surface area contributed by atoms with Gasteiger partial charge in [0.2, 0.25) is 5.91 Å². The summed E-state index contributed by atoms with van der Waals surface area (Å²) in [6.07, 6.45) is 5.07. The van der Waals surface area contributed by atoms with E-state index in [9.17, 15) is 9.18 Å². The Labute approximate surface area is 215 Å². The smallest absolute Gasteiger partial charge is 0.246 e. The highest BCUT2D eigenvalue weighted by Gasteiger charge is 2.26. The molecule has 0 spiro atoms. The lowest BCUT2D eigenvalue weighted by Crippen LogP contribution is -2.53. The lowest BCUT2D eigenvalue weighted by Gasteiger charge is -2.39. The molecule has 37 heavy (non-hydrogen) atoms. The van der Waals surface area contributed by atoms with Crippen molar-refractivity contribution in [1.82, 2.24) is 35.0 Å². The molecule has 1 amide bonds. The summed E-state index contributed by atoms with van der Waals surface area (Å²) in [6, 6.07) is 9.45. The zero-order valence-corrected chi connectivity index (χ0v) is 21.4. The Bertz CT molecular complexity index is 1220. The first-order valence-electron chi connectivity index (χ1n) is 12.2. The molecule has 1 aromatic carbocycles. The van der Waals surface area contributed by atoms with Crippen LogP contribution in [0.2, 0.25) is 0 Å². The molecule has 1 aliphatic heterocycles. The van der Waals surface area contributed by atoms with Crippen molar-refractivity contribution in [1.29, 1.82) is 0 Å². The Morgan fingerprint density at radius 1 is 1.19 bits per heavy atom. The number of methoxy groups -OCH3 is 1. The number of hydrogen-bond donors (Lipinski definition) is 0. The molecular formula is C26H32FN7O3. The first kappa shape index (κ1) is 26.2. The van der Waals surface area contributed by atoms with Gasteiger partial charge in [0.05, 0.1) is 25.5 Å². The fourth-order valence-corrected chi connectivity index (χ4v) is 4.29. The van der Waals surface area contributed by atoms with E-state index in [1.165, 1.54) is 4.80 Å². The maximum atomic E-state index is 13.1. The monoisotopic (exact) mass is 509 g/mol. The minimum absolute atomic E-state index is 0.0292. The molecule has 0 N–H and O–H groups in total. The molecule has 10 nitrogen and oxygen atoms in total. The summed E-state index contributed by atoms with van der Waals surface area (Å²) in [5, 5.41) is 12.2. The van der Waals surface area contributed by atoms with Gasteiger partial charge in [-0.15, -0.1) is 10.2 Å². The van der Waals surface area contributed by atoms with Gasteiger partial charge >= 0.3 is 0 Å². The van der Waals surface area contributed by atoms with Gasteiger partial charge in [-0.3, -0.25) is 14.7 Å². The van der Waals surface area contributed by atoms with Crippen molar-refractivity contribution in [3.63, 3.8) is 0 Å². The quantitative estimate of drug-likeness (QED) is 0.385. The van der Waals surface area contributed by atoms with E-state index in [1.54, 1.807) is 32.4 Å². The van der Waals surface area contributed by atoms with E-state index in [4.69, 9.17) is 9.47 Å². The first-order valence-corrected chi connectivity index (χ1v) is 12.2. The SMILES string of the molecule is COc1ccc(/C=C/C(=O)N2CCN(Cc3ccc(OCCF)cn3)C[C@H]2C)c(Cn2nnc(C)n2)c1. The molecule has 196 valence electrons. The van der Waals surface area contributed by atoms with Gasteiger partial charge in [0.25, 0.3) is 0 Å². The van der Waals surface area contributed by atoms with Crippen molar-refractivity contribution < 1.29 is 18.7 Å². The number of carbonyl (C=O) groups excluding carboxylic acids is 1. The summed E-state index contributed by atoms with van der Waals surface area (Å²) in [6.45, 7) is 6.54. The number of pyridine rings is 1. The van der Waals surface area contributed by atoms with Crippen molar-refractivity contribution in [3.8, 4) is 11.5 Å². The lowest BCUT2D eigenvalue weighted by atomic mass is 10.1. The fraction of sp³-hybridized carbons (Fsp3) is 0.423. The molecule has 0 radical (unpaired) electrons. The Morgan fingerprint density at radius 2 is 2.03 bits per heavy atom. The topological polar surface area (TPSA) is 98.5 Å². The van der Waals surface area contributed by atoms with Gasteiger partial charge in [-0.2, -0.15) is 4.80 Å². The van der Waals surface area contributed by atoms with E-state index in [2.05, 4.69) is 32.2 Å². The predicted octanol–water partition coefficient (Wildman–Crippen LogP) is 2.53. The van der Waals surface area contributed by atoms with Crippen LogP contribution < -0.4 is 9.47 Å².